The zero-order chi connectivity index (χ0) is 17.0. The molecule has 3 rings (SSSR count). The molecule has 24 heavy (non-hydrogen) atoms. The van der Waals surface area contributed by atoms with Gasteiger partial charge in [0.1, 0.15) is 6.10 Å². The highest BCUT2D eigenvalue weighted by molar-refractivity contribution is 5.35. The van der Waals surface area contributed by atoms with Gasteiger partial charge in [-0.25, -0.2) is 0 Å². The Labute approximate surface area is 144 Å². The maximum atomic E-state index is 6.22. The van der Waals surface area contributed by atoms with Gasteiger partial charge in [0.25, 0.3) is 0 Å². The van der Waals surface area contributed by atoms with Crippen molar-refractivity contribution in [1.29, 1.82) is 0 Å². The molecular formula is C19H26O5. The molecule has 0 radical (unpaired) electrons. The van der Waals surface area contributed by atoms with Gasteiger partial charge in [-0.3, -0.25) is 0 Å². The van der Waals surface area contributed by atoms with E-state index in [9.17, 15) is 0 Å². The van der Waals surface area contributed by atoms with Gasteiger partial charge in [-0.2, -0.15) is 0 Å². The van der Waals surface area contributed by atoms with E-state index in [1.807, 2.05) is 13.8 Å². The number of hydrogen-bond donors (Lipinski definition) is 0. The lowest BCUT2D eigenvalue weighted by atomic mass is 9.94. The van der Waals surface area contributed by atoms with Crippen LogP contribution < -0.4 is 0 Å². The minimum Gasteiger partial charge on any atom is -0.347 e. The monoisotopic (exact) mass is 334 g/mol. The van der Waals surface area contributed by atoms with Crippen LogP contribution in [0.5, 0.6) is 0 Å². The molecule has 0 aromatic carbocycles. The molecule has 0 N–H and O–H groups in total. The molecule has 0 aromatic rings. The van der Waals surface area contributed by atoms with E-state index in [0.717, 1.165) is 25.7 Å². The molecule has 1 aliphatic carbocycles. The summed E-state index contributed by atoms with van der Waals surface area (Å²) >= 11 is 0. The van der Waals surface area contributed by atoms with Gasteiger partial charge in [-0.1, -0.05) is 18.3 Å². The standard InChI is InChI=1S/C19H26O5/c1-4-19(15(24-19)10-11-17(20-5-2)21-6-3)16-14-22-18(23-16)12-8-7-9-13-18/h1,15-17H,5-9,12-14H2,2-3H3/t15-,16+,19-/m0/s1. The van der Waals surface area contributed by atoms with Crippen LogP contribution in [0.1, 0.15) is 46.0 Å². The Kier molecular flexibility index (Phi) is 5.49. The fraction of sp³-hybridized carbons (Fsp3) is 0.789. The van der Waals surface area contributed by atoms with E-state index in [-0.39, 0.29) is 12.2 Å². The molecule has 0 unspecified atom stereocenters. The van der Waals surface area contributed by atoms with E-state index in [1.165, 1.54) is 6.42 Å². The summed E-state index contributed by atoms with van der Waals surface area (Å²) in [6, 6.07) is 0. The predicted octanol–water partition coefficient (Wildman–Crippen LogP) is 2.24. The Morgan fingerprint density at radius 1 is 1.12 bits per heavy atom. The normalized spacial score (nSPS) is 33.9. The van der Waals surface area contributed by atoms with Gasteiger partial charge < -0.3 is 23.7 Å². The largest absolute Gasteiger partial charge is 0.347 e. The van der Waals surface area contributed by atoms with Crippen molar-refractivity contribution >= 4 is 0 Å². The maximum absolute atomic E-state index is 6.22. The lowest BCUT2D eigenvalue weighted by molar-refractivity contribution is -0.190. The molecule has 0 bridgehead atoms. The van der Waals surface area contributed by atoms with Gasteiger partial charge in [0.2, 0.25) is 6.29 Å². The topological polar surface area (TPSA) is 49.5 Å². The summed E-state index contributed by atoms with van der Waals surface area (Å²) < 4.78 is 28.8. The van der Waals surface area contributed by atoms with Crippen LogP contribution >= 0.6 is 0 Å². The maximum Gasteiger partial charge on any atom is 0.222 e. The molecule has 0 amide bonds. The number of epoxide rings is 1. The third-order valence-electron chi connectivity index (χ3n) is 4.79. The first kappa shape index (κ1) is 17.7. The molecular weight excluding hydrogens is 308 g/mol. The fourth-order valence-electron chi connectivity index (χ4n) is 3.44. The lowest BCUT2D eigenvalue weighted by Gasteiger charge is -2.32. The Hall–Kier alpha value is -1.08. The third kappa shape index (κ3) is 3.47. The van der Waals surface area contributed by atoms with E-state index < -0.39 is 17.7 Å². The second-order valence-corrected chi connectivity index (χ2v) is 6.36. The van der Waals surface area contributed by atoms with Crippen molar-refractivity contribution in [2.75, 3.05) is 19.8 Å². The van der Waals surface area contributed by atoms with E-state index in [2.05, 4.69) is 17.8 Å². The van der Waals surface area contributed by atoms with Crippen molar-refractivity contribution in [3.8, 4) is 24.2 Å². The second kappa shape index (κ2) is 7.44. The average molecular weight is 334 g/mol. The molecule has 3 fully saturated rings. The molecule has 2 saturated heterocycles. The summed E-state index contributed by atoms with van der Waals surface area (Å²) in [6.45, 7) is 5.34. The third-order valence-corrected chi connectivity index (χ3v) is 4.79. The van der Waals surface area contributed by atoms with Crippen LogP contribution in [0.15, 0.2) is 0 Å². The number of terminal acetylenes is 1. The summed E-state index contributed by atoms with van der Waals surface area (Å²) in [5.74, 6) is 8.27. The molecule has 2 heterocycles. The Balaban J connectivity index is 1.63. The molecule has 5 heteroatoms. The van der Waals surface area contributed by atoms with Crippen molar-refractivity contribution in [2.24, 2.45) is 0 Å². The van der Waals surface area contributed by atoms with E-state index in [1.54, 1.807) is 0 Å². The highest BCUT2D eigenvalue weighted by Gasteiger charge is 2.65. The summed E-state index contributed by atoms with van der Waals surface area (Å²) in [4.78, 5) is 0. The van der Waals surface area contributed by atoms with Crippen LogP contribution in [0, 0.1) is 24.2 Å². The lowest BCUT2D eigenvalue weighted by Crippen LogP contribution is -2.38. The molecule has 1 saturated carbocycles. The smallest absolute Gasteiger partial charge is 0.222 e. The van der Waals surface area contributed by atoms with Gasteiger partial charge in [0, 0.05) is 26.1 Å². The first-order valence-corrected chi connectivity index (χ1v) is 8.89. The summed E-state index contributed by atoms with van der Waals surface area (Å²) in [5, 5.41) is 0. The van der Waals surface area contributed by atoms with Crippen LogP contribution in [-0.2, 0) is 23.7 Å². The molecule has 0 aromatic heterocycles. The molecule has 3 aliphatic rings. The second-order valence-electron chi connectivity index (χ2n) is 6.36. The quantitative estimate of drug-likeness (QED) is 0.438. The molecule has 3 atom stereocenters. The Morgan fingerprint density at radius 3 is 2.46 bits per heavy atom. The van der Waals surface area contributed by atoms with Crippen molar-refractivity contribution < 1.29 is 23.7 Å². The molecule has 132 valence electrons. The minimum absolute atomic E-state index is 0.266. The van der Waals surface area contributed by atoms with Gasteiger partial charge in [0.15, 0.2) is 17.5 Å². The highest BCUT2D eigenvalue weighted by Crippen LogP contribution is 2.47. The van der Waals surface area contributed by atoms with Gasteiger partial charge in [0.05, 0.1) is 6.61 Å². The Bertz CT molecular complexity index is 530. The Morgan fingerprint density at radius 2 is 1.83 bits per heavy atom. The van der Waals surface area contributed by atoms with Crippen LogP contribution in [0.4, 0.5) is 0 Å². The number of ether oxygens (including phenoxy) is 5. The van der Waals surface area contributed by atoms with E-state index >= 15 is 0 Å². The van der Waals surface area contributed by atoms with Crippen LogP contribution in [0.3, 0.4) is 0 Å². The van der Waals surface area contributed by atoms with Crippen molar-refractivity contribution in [1.82, 2.24) is 0 Å². The number of hydrogen-bond acceptors (Lipinski definition) is 5. The first-order valence-electron chi connectivity index (χ1n) is 8.89. The summed E-state index contributed by atoms with van der Waals surface area (Å²) in [5.41, 5.74) is -0.809. The predicted molar refractivity (Wildman–Crippen MR) is 87.9 cm³/mol. The van der Waals surface area contributed by atoms with Crippen LogP contribution in [0.2, 0.25) is 0 Å². The summed E-state index contributed by atoms with van der Waals surface area (Å²) in [7, 11) is 0. The zero-order valence-corrected chi connectivity index (χ0v) is 14.5. The minimum atomic E-state index is -0.809. The SMILES string of the molecule is C#C[C@]1([C@H]2COC3(CCCCC3)O2)O[C@H]1C#CC(OCC)OCC. The van der Waals surface area contributed by atoms with Gasteiger partial charge >= 0.3 is 0 Å². The van der Waals surface area contributed by atoms with E-state index in [0.29, 0.717) is 19.8 Å². The van der Waals surface area contributed by atoms with Gasteiger partial charge in [-0.05, 0) is 32.6 Å². The average Bonchev–Trinajstić information content (AvgIpc) is 3.19. The zero-order valence-electron chi connectivity index (χ0n) is 14.5. The van der Waals surface area contributed by atoms with Crippen LogP contribution in [-0.4, -0.2) is 49.7 Å². The summed E-state index contributed by atoms with van der Waals surface area (Å²) in [6.07, 6.45) is 9.91. The first-order chi connectivity index (χ1) is 11.7. The number of rotatable bonds is 5. The molecule has 1 spiro atoms. The van der Waals surface area contributed by atoms with Gasteiger partial charge in [-0.15, -0.1) is 6.42 Å². The van der Waals surface area contributed by atoms with Crippen molar-refractivity contribution in [2.45, 2.75) is 75.8 Å². The molecule has 2 aliphatic heterocycles. The highest BCUT2D eigenvalue weighted by atomic mass is 16.8. The molecule has 5 nitrogen and oxygen atoms in total. The van der Waals surface area contributed by atoms with Crippen LogP contribution in [0.25, 0.3) is 0 Å². The fourth-order valence-corrected chi connectivity index (χ4v) is 3.44. The van der Waals surface area contributed by atoms with E-state index in [4.69, 9.17) is 30.1 Å². The van der Waals surface area contributed by atoms with Crippen molar-refractivity contribution in [3.63, 3.8) is 0 Å². The van der Waals surface area contributed by atoms with Crippen molar-refractivity contribution in [3.05, 3.63) is 0 Å².